The van der Waals surface area contributed by atoms with Crippen LogP contribution in [0.2, 0.25) is 10.0 Å². The molecule has 0 atom stereocenters. The van der Waals surface area contributed by atoms with Gasteiger partial charge in [-0.15, -0.1) is 0 Å². The van der Waals surface area contributed by atoms with Gasteiger partial charge in [-0.05, 0) is 90.9 Å². The van der Waals surface area contributed by atoms with Gasteiger partial charge in [-0.1, -0.05) is 61.3 Å². The van der Waals surface area contributed by atoms with Crippen molar-refractivity contribution in [1.82, 2.24) is 4.57 Å². The van der Waals surface area contributed by atoms with E-state index in [-0.39, 0.29) is 5.69 Å². The van der Waals surface area contributed by atoms with Gasteiger partial charge < -0.3 is 19.3 Å². The molecule has 39 heavy (non-hydrogen) atoms. The third-order valence-electron chi connectivity index (χ3n) is 6.74. The van der Waals surface area contributed by atoms with Crippen molar-refractivity contribution in [1.29, 1.82) is 0 Å². The fraction of sp³-hybridized carbons (Fsp3) is 0.281. The van der Waals surface area contributed by atoms with Crippen molar-refractivity contribution in [3.63, 3.8) is 0 Å². The topological polar surface area (TPSA) is 54.7 Å². The quantitative estimate of drug-likeness (QED) is 0.184. The van der Waals surface area contributed by atoms with Crippen LogP contribution in [0.3, 0.4) is 0 Å². The van der Waals surface area contributed by atoms with Gasteiger partial charge >= 0.3 is 5.97 Å². The number of hydrogen-bond donors (Lipinski definition) is 1. The van der Waals surface area contributed by atoms with Crippen LogP contribution in [0.4, 0.5) is 11.4 Å². The molecule has 5 nitrogen and oxygen atoms in total. The molecule has 0 saturated heterocycles. The van der Waals surface area contributed by atoms with Crippen molar-refractivity contribution in [3.8, 4) is 5.75 Å². The van der Waals surface area contributed by atoms with Crippen LogP contribution in [0, 0.1) is 13.8 Å². The number of aromatic carboxylic acids is 1. The summed E-state index contributed by atoms with van der Waals surface area (Å²) in [6, 6.07) is 21.7. The standard InChI is InChI=1S/C32H34Cl2N2O3/c1-21(2)25-9-11-27(12-10-25)36(19-24-7-5-8-26(33)17-24)28-18-30(32(37)38)35(20-28)13-6-14-39-29-15-22(3)31(34)23(4)16-29/h5,7-12,15-18,20-21H,6,13-14,19H2,1-4H3,(H,37,38). The summed E-state index contributed by atoms with van der Waals surface area (Å²) >= 11 is 12.5. The highest BCUT2D eigenvalue weighted by Gasteiger charge is 2.19. The summed E-state index contributed by atoms with van der Waals surface area (Å²) in [6.45, 7) is 9.74. The zero-order valence-corrected chi connectivity index (χ0v) is 24.3. The minimum atomic E-state index is -0.969. The number of hydrogen-bond acceptors (Lipinski definition) is 3. The Hall–Kier alpha value is -3.41. The first kappa shape index (κ1) is 28.6. The molecule has 0 aliphatic heterocycles. The molecule has 1 heterocycles. The zero-order chi connectivity index (χ0) is 28.1. The summed E-state index contributed by atoms with van der Waals surface area (Å²) in [5.41, 5.74) is 6.23. The normalized spacial score (nSPS) is 11.2. The summed E-state index contributed by atoms with van der Waals surface area (Å²) in [6.07, 6.45) is 2.55. The van der Waals surface area contributed by atoms with E-state index in [9.17, 15) is 9.90 Å². The molecule has 1 aromatic heterocycles. The molecule has 4 aromatic rings. The molecule has 0 aliphatic carbocycles. The summed E-state index contributed by atoms with van der Waals surface area (Å²) in [7, 11) is 0. The van der Waals surface area contributed by atoms with Crippen LogP contribution in [-0.4, -0.2) is 22.2 Å². The molecular formula is C32H34Cl2N2O3. The number of carboxylic acids is 1. The zero-order valence-electron chi connectivity index (χ0n) is 22.7. The van der Waals surface area contributed by atoms with Crippen molar-refractivity contribution in [2.45, 2.75) is 53.1 Å². The maximum Gasteiger partial charge on any atom is 0.352 e. The largest absolute Gasteiger partial charge is 0.494 e. The number of rotatable bonds is 11. The molecule has 3 aromatic carbocycles. The maximum absolute atomic E-state index is 12.2. The number of benzene rings is 3. The Morgan fingerprint density at radius 2 is 1.67 bits per heavy atom. The van der Waals surface area contributed by atoms with E-state index in [1.807, 2.05) is 56.4 Å². The summed E-state index contributed by atoms with van der Waals surface area (Å²) in [5, 5.41) is 11.4. The summed E-state index contributed by atoms with van der Waals surface area (Å²) in [5.74, 6) is 0.214. The molecule has 0 amide bonds. The molecule has 1 N–H and O–H groups in total. The predicted molar refractivity (Wildman–Crippen MR) is 160 cm³/mol. The average Bonchev–Trinajstić information content (AvgIpc) is 3.32. The second kappa shape index (κ2) is 12.6. The van der Waals surface area contributed by atoms with E-state index < -0.39 is 5.97 Å². The monoisotopic (exact) mass is 564 g/mol. The van der Waals surface area contributed by atoms with Crippen LogP contribution >= 0.6 is 23.2 Å². The molecule has 4 rings (SSSR count). The SMILES string of the molecule is Cc1cc(OCCCn2cc(N(Cc3cccc(Cl)c3)c3ccc(C(C)C)cc3)cc2C(=O)O)cc(C)c1Cl. The van der Waals surface area contributed by atoms with E-state index in [0.717, 1.165) is 38.8 Å². The second-order valence-corrected chi connectivity index (χ2v) is 10.9. The van der Waals surface area contributed by atoms with Crippen LogP contribution in [0.15, 0.2) is 72.9 Å². The van der Waals surface area contributed by atoms with E-state index in [1.54, 1.807) is 10.6 Å². The molecule has 0 aliphatic rings. The lowest BCUT2D eigenvalue weighted by Crippen LogP contribution is -2.16. The molecular weight excluding hydrogens is 531 g/mol. The van der Waals surface area contributed by atoms with Crippen molar-refractivity contribution in [3.05, 3.63) is 111 Å². The number of ether oxygens (including phenoxy) is 1. The molecule has 0 bridgehead atoms. The second-order valence-electron chi connectivity index (χ2n) is 10.1. The van der Waals surface area contributed by atoms with E-state index in [4.69, 9.17) is 27.9 Å². The Kier molecular flexibility index (Phi) is 9.26. The van der Waals surface area contributed by atoms with E-state index in [1.165, 1.54) is 5.56 Å². The van der Waals surface area contributed by atoms with Gasteiger partial charge in [0, 0.05) is 35.0 Å². The predicted octanol–water partition coefficient (Wildman–Crippen LogP) is 9.04. The molecule has 0 unspecified atom stereocenters. The molecule has 0 saturated carbocycles. The van der Waals surface area contributed by atoms with Crippen LogP contribution < -0.4 is 9.64 Å². The van der Waals surface area contributed by atoms with Crippen molar-refractivity contribution < 1.29 is 14.6 Å². The highest BCUT2D eigenvalue weighted by Crippen LogP contribution is 2.32. The number of carboxylic acid groups (broad SMARTS) is 1. The van der Waals surface area contributed by atoms with Crippen LogP contribution in [0.1, 0.15) is 58.9 Å². The summed E-state index contributed by atoms with van der Waals surface area (Å²) in [4.78, 5) is 14.3. The van der Waals surface area contributed by atoms with Crippen molar-refractivity contribution in [2.75, 3.05) is 11.5 Å². The van der Waals surface area contributed by atoms with Gasteiger partial charge in [0.1, 0.15) is 11.4 Å². The molecule has 204 valence electrons. The number of halogens is 2. The first-order valence-corrected chi connectivity index (χ1v) is 13.8. The van der Waals surface area contributed by atoms with Crippen molar-refractivity contribution >= 4 is 40.5 Å². The lowest BCUT2D eigenvalue weighted by molar-refractivity contribution is 0.0684. The van der Waals surface area contributed by atoms with Gasteiger partial charge in [-0.3, -0.25) is 0 Å². The average molecular weight is 566 g/mol. The minimum absolute atomic E-state index is 0.234. The number of aromatic nitrogens is 1. The molecule has 7 heteroatoms. The van der Waals surface area contributed by atoms with Gasteiger partial charge in [-0.25, -0.2) is 4.79 Å². The van der Waals surface area contributed by atoms with Crippen LogP contribution in [0.25, 0.3) is 0 Å². The number of aryl methyl sites for hydroxylation is 3. The minimum Gasteiger partial charge on any atom is -0.494 e. The Morgan fingerprint density at radius 3 is 2.28 bits per heavy atom. The van der Waals surface area contributed by atoms with Gasteiger partial charge in [-0.2, -0.15) is 0 Å². The maximum atomic E-state index is 12.2. The fourth-order valence-corrected chi connectivity index (χ4v) is 4.93. The lowest BCUT2D eigenvalue weighted by atomic mass is 10.0. The third-order valence-corrected chi connectivity index (χ3v) is 7.57. The Balaban J connectivity index is 1.57. The first-order chi connectivity index (χ1) is 18.6. The highest BCUT2D eigenvalue weighted by atomic mass is 35.5. The fourth-order valence-electron chi connectivity index (χ4n) is 4.61. The highest BCUT2D eigenvalue weighted by molar-refractivity contribution is 6.32. The van der Waals surface area contributed by atoms with Crippen molar-refractivity contribution in [2.24, 2.45) is 0 Å². The Bertz CT molecular complexity index is 1420. The third kappa shape index (κ3) is 7.17. The van der Waals surface area contributed by atoms with Gasteiger partial charge in [0.15, 0.2) is 0 Å². The smallest absolute Gasteiger partial charge is 0.352 e. The molecule has 0 spiro atoms. The molecule has 0 fully saturated rings. The number of carbonyl (C=O) groups is 1. The van der Waals surface area contributed by atoms with Crippen LogP contribution in [-0.2, 0) is 13.1 Å². The van der Waals surface area contributed by atoms with Crippen LogP contribution in [0.5, 0.6) is 5.75 Å². The Morgan fingerprint density at radius 1 is 0.974 bits per heavy atom. The van der Waals surface area contributed by atoms with Gasteiger partial charge in [0.2, 0.25) is 0 Å². The van der Waals surface area contributed by atoms with Gasteiger partial charge in [0.05, 0.1) is 12.3 Å². The Labute approximate surface area is 240 Å². The summed E-state index contributed by atoms with van der Waals surface area (Å²) < 4.78 is 7.73. The van der Waals surface area contributed by atoms with E-state index in [0.29, 0.717) is 37.1 Å². The number of anilines is 2. The van der Waals surface area contributed by atoms with E-state index in [2.05, 4.69) is 43.0 Å². The lowest BCUT2D eigenvalue weighted by Gasteiger charge is -2.24. The first-order valence-electron chi connectivity index (χ1n) is 13.1. The van der Waals surface area contributed by atoms with Gasteiger partial charge in [0.25, 0.3) is 0 Å². The van der Waals surface area contributed by atoms with E-state index >= 15 is 0 Å². The number of nitrogens with zero attached hydrogens (tertiary/aromatic N) is 2. The molecule has 0 radical (unpaired) electrons.